The number of aldehydes is 1. The van der Waals surface area contributed by atoms with E-state index in [9.17, 15) is 18.7 Å². The zero-order valence-electron chi connectivity index (χ0n) is 31.2. The standard InChI is InChI=1S/C23H23FN2O.C23H21FN2O/c2*1-14(2)21-19(13-27)20(15-8-10-17(24)11-9-15)18-7-3-5-16-6-4-12-25-22(16)23(18)26-21/h4,6,8-12,14,27H,3,5,7,13H2,1-2H3;4,6,8-14H,3,5,7H2,1-2H3. The number of benzene rings is 2. The van der Waals surface area contributed by atoms with Crippen LogP contribution in [0.25, 0.3) is 45.0 Å². The molecule has 2 aliphatic rings. The van der Waals surface area contributed by atoms with E-state index in [1.165, 1.54) is 35.4 Å². The maximum absolute atomic E-state index is 13.5. The fraction of sp³-hybridized carbons (Fsp3) is 0.283. The lowest BCUT2D eigenvalue weighted by molar-refractivity contribution is 0.112. The number of fused-ring (bicyclic) bond motifs is 6. The van der Waals surface area contributed by atoms with E-state index in [0.717, 1.165) is 118 Å². The Morgan fingerprint density at radius 2 is 1.09 bits per heavy atom. The molecule has 6 aromatic rings. The zero-order valence-corrected chi connectivity index (χ0v) is 31.2. The molecule has 0 saturated heterocycles. The van der Waals surface area contributed by atoms with Crippen molar-refractivity contribution in [2.75, 3.05) is 0 Å². The van der Waals surface area contributed by atoms with Crippen molar-refractivity contribution in [1.82, 2.24) is 19.9 Å². The van der Waals surface area contributed by atoms with Crippen LogP contribution in [0.5, 0.6) is 0 Å². The first-order chi connectivity index (χ1) is 26.2. The molecule has 2 aromatic carbocycles. The number of carbonyl (C=O) groups is 1. The average Bonchev–Trinajstić information content (AvgIpc) is 3.49. The molecule has 0 fully saturated rings. The number of carbonyl (C=O) groups excluding carboxylic acids is 1. The second-order valence-corrected chi connectivity index (χ2v) is 14.6. The van der Waals surface area contributed by atoms with Crippen LogP contribution in [0.3, 0.4) is 0 Å². The molecule has 4 aromatic heterocycles. The molecular weight excluding hydrogens is 679 g/mol. The summed E-state index contributed by atoms with van der Waals surface area (Å²) in [7, 11) is 0. The van der Waals surface area contributed by atoms with Gasteiger partial charge in [-0.15, -0.1) is 0 Å². The van der Waals surface area contributed by atoms with Gasteiger partial charge >= 0.3 is 0 Å². The quantitative estimate of drug-likeness (QED) is 0.172. The molecule has 0 unspecified atom stereocenters. The summed E-state index contributed by atoms with van der Waals surface area (Å²) in [5, 5.41) is 10.2. The number of aliphatic hydroxyl groups is 1. The minimum Gasteiger partial charge on any atom is -0.392 e. The Hall–Kier alpha value is -5.47. The number of nitrogens with zero attached hydrogens (tertiary/aromatic N) is 4. The summed E-state index contributed by atoms with van der Waals surface area (Å²) in [5.74, 6) is -0.305. The van der Waals surface area contributed by atoms with Gasteiger partial charge in [0.1, 0.15) is 11.6 Å². The van der Waals surface area contributed by atoms with E-state index in [-0.39, 0.29) is 30.1 Å². The van der Waals surface area contributed by atoms with Gasteiger partial charge in [-0.2, -0.15) is 0 Å². The predicted octanol–water partition coefficient (Wildman–Crippen LogP) is 10.4. The molecular formula is C46H44F2N4O2. The summed E-state index contributed by atoms with van der Waals surface area (Å²) in [6, 6.07) is 21.0. The highest BCUT2D eigenvalue weighted by atomic mass is 19.1. The van der Waals surface area contributed by atoms with Gasteiger partial charge in [0.05, 0.1) is 35.1 Å². The number of aryl methyl sites for hydroxylation is 2. The predicted molar refractivity (Wildman–Crippen MR) is 209 cm³/mol. The summed E-state index contributed by atoms with van der Waals surface area (Å²) < 4.78 is 27.0. The van der Waals surface area contributed by atoms with Gasteiger partial charge in [0, 0.05) is 29.2 Å². The van der Waals surface area contributed by atoms with Crippen molar-refractivity contribution < 1.29 is 18.7 Å². The summed E-state index contributed by atoms with van der Waals surface area (Å²) in [5.41, 5.74) is 14.8. The van der Waals surface area contributed by atoms with Gasteiger partial charge < -0.3 is 5.11 Å². The minimum absolute atomic E-state index is 0.0877. The van der Waals surface area contributed by atoms with E-state index >= 15 is 0 Å². The van der Waals surface area contributed by atoms with Gasteiger partial charge in [0.25, 0.3) is 0 Å². The largest absolute Gasteiger partial charge is 0.392 e. The topological polar surface area (TPSA) is 88.9 Å². The van der Waals surface area contributed by atoms with E-state index in [0.29, 0.717) is 5.56 Å². The Bertz CT molecular complexity index is 2320. The summed E-state index contributed by atoms with van der Waals surface area (Å²) in [6.07, 6.45) is 9.99. The molecule has 0 aliphatic heterocycles. The van der Waals surface area contributed by atoms with Crippen molar-refractivity contribution in [2.45, 2.75) is 84.7 Å². The third-order valence-electron chi connectivity index (χ3n) is 10.4. The highest BCUT2D eigenvalue weighted by Crippen LogP contribution is 2.42. The smallest absolute Gasteiger partial charge is 0.152 e. The van der Waals surface area contributed by atoms with Crippen LogP contribution in [0.4, 0.5) is 8.78 Å². The van der Waals surface area contributed by atoms with E-state index < -0.39 is 0 Å². The monoisotopic (exact) mass is 722 g/mol. The number of aromatic nitrogens is 4. The van der Waals surface area contributed by atoms with Gasteiger partial charge in [0.15, 0.2) is 6.29 Å². The van der Waals surface area contributed by atoms with Gasteiger partial charge in [-0.25, -0.2) is 13.8 Å². The van der Waals surface area contributed by atoms with E-state index in [2.05, 4.69) is 35.9 Å². The van der Waals surface area contributed by atoms with Gasteiger partial charge in [-0.1, -0.05) is 64.1 Å². The maximum atomic E-state index is 13.5. The van der Waals surface area contributed by atoms with Crippen LogP contribution >= 0.6 is 0 Å². The molecule has 8 heteroatoms. The lowest BCUT2D eigenvalue weighted by Gasteiger charge is -2.22. The number of aliphatic hydroxyl groups excluding tert-OH is 1. The molecule has 2 aliphatic carbocycles. The van der Waals surface area contributed by atoms with E-state index in [1.54, 1.807) is 30.5 Å². The van der Waals surface area contributed by atoms with Gasteiger partial charge in [-0.05, 0) is 131 Å². The van der Waals surface area contributed by atoms with Crippen molar-refractivity contribution in [2.24, 2.45) is 0 Å². The highest BCUT2D eigenvalue weighted by molar-refractivity contribution is 5.93. The lowest BCUT2D eigenvalue weighted by Crippen LogP contribution is -2.09. The molecule has 0 bridgehead atoms. The molecule has 6 nitrogen and oxygen atoms in total. The lowest BCUT2D eigenvalue weighted by atomic mass is 9.88. The molecule has 8 rings (SSSR count). The molecule has 0 spiro atoms. The van der Waals surface area contributed by atoms with Crippen LogP contribution < -0.4 is 0 Å². The third kappa shape index (κ3) is 7.10. The maximum Gasteiger partial charge on any atom is 0.152 e. The Kier molecular flexibility index (Phi) is 10.8. The van der Waals surface area contributed by atoms with Crippen molar-refractivity contribution in [3.05, 3.63) is 142 Å². The number of hydrogen-bond donors (Lipinski definition) is 1. The van der Waals surface area contributed by atoms with Crippen LogP contribution in [0.15, 0.2) is 85.2 Å². The fourth-order valence-corrected chi connectivity index (χ4v) is 7.95. The van der Waals surface area contributed by atoms with Crippen molar-refractivity contribution >= 4 is 6.29 Å². The minimum atomic E-state index is -0.289. The van der Waals surface area contributed by atoms with E-state index in [1.807, 2.05) is 32.2 Å². The second kappa shape index (κ2) is 15.9. The normalized spacial score (nSPS) is 13.1. The summed E-state index contributed by atoms with van der Waals surface area (Å²) >= 11 is 0. The molecule has 4 heterocycles. The summed E-state index contributed by atoms with van der Waals surface area (Å²) in [6.45, 7) is 8.14. The molecule has 1 N–H and O–H groups in total. The van der Waals surface area contributed by atoms with Crippen molar-refractivity contribution in [3.63, 3.8) is 0 Å². The van der Waals surface area contributed by atoms with Crippen molar-refractivity contribution in [1.29, 1.82) is 0 Å². The first-order valence-corrected chi connectivity index (χ1v) is 18.8. The van der Waals surface area contributed by atoms with Crippen LogP contribution in [-0.2, 0) is 32.3 Å². The Balaban J connectivity index is 0.000000167. The fourth-order valence-electron chi connectivity index (χ4n) is 7.95. The van der Waals surface area contributed by atoms with Crippen molar-refractivity contribution in [3.8, 4) is 45.0 Å². The van der Waals surface area contributed by atoms with Gasteiger partial charge in [-0.3, -0.25) is 19.7 Å². The summed E-state index contributed by atoms with van der Waals surface area (Å²) in [4.78, 5) is 31.2. The molecule has 0 saturated carbocycles. The first-order valence-electron chi connectivity index (χ1n) is 18.8. The Morgan fingerprint density at radius 3 is 1.56 bits per heavy atom. The average molecular weight is 723 g/mol. The Morgan fingerprint density at radius 1 is 0.630 bits per heavy atom. The second-order valence-electron chi connectivity index (χ2n) is 14.6. The van der Waals surface area contributed by atoms with Crippen LogP contribution in [0, 0.1) is 11.6 Å². The third-order valence-corrected chi connectivity index (χ3v) is 10.4. The molecule has 0 amide bonds. The molecule has 274 valence electrons. The molecule has 0 radical (unpaired) electrons. The Labute approximate surface area is 315 Å². The van der Waals surface area contributed by atoms with E-state index in [4.69, 9.17) is 9.97 Å². The number of rotatable bonds is 6. The van der Waals surface area contributed by atoms with Crippen LogP contribution in [-0.4, -0.2) is 31.3 Å². The number of pyridine rings is 4. The SMILES string of the molecule is CC(C)c1nc2c(c(-c3ccc(F)cc3)c1C=O)CCCc1cccnc1-2.CC(C)c1nc2c(c(-c3ccc(F)cc3)c1CO)CCCc1cccnc1-2. The zero-order chi connectivity index (χ0) is 37.9. The van der Waals surface area contributed by atoms with Crippen LogP contribution in [0.1, 0.15) is 102 Å². The molecule has 0 atom stereocenters. The number of hydrogen-bond acceptors (Lipinski definition) is 6. The molecule has 54 heavy (non-hydrogen) atoms. The number of halogens is 2. The first kappa shape index (κ1) is 36.9. The van der Waals surface area contributed by atoms with Crippen LogP contribution in [0.2, 0.25) is 0 Å². The van der Waals surface area contributed by atoms with Gasteiger partial charge in [0.2, 0.25) is 0 Å². The highest BCUT2D eigenvalue weighted by Gasteiger charge is 2.28.